The van der Waals surface area contributed by atoms with Crippen molar-refractivity contribution in [3.05, 3.63) is 111 Å². The lowest BCUT2D eigenvalue weighted by Gasteiger charge is -2.12. The number of rotatable bonds is 10. The third kappa shape index (κ3) is 6.12. The average Bonchev–Trinajstić information content (AvgIpc) is 3.16. The summed E-state index contributed by atoms with van der Waals surface area (Å²) in [6, 6.07) is 25.8. The molecule has 6 nitrogen and oxygen atoms in total. The van der Waals surface area contributed by atoms with Gasteiger partial charge < -0.3 is 9.84 Å². The second kappa shape index (κ2) is 10.7. The standard InChI is InChI=1S/C26H24N2O4S/c1-18(21-8-5-9-22(17-21)20-6-3-2-4-7-20)28-32-15-14-31-23-12-10-19(11-13-23)16-24-25(29)27-26(30)33-24/h2-13,17,28-29H,1,14-16H2,(H,27,30). The highest BCUT2D eigenvalue weighted by molar-refractivity contribution is 7.09. The lowest BCUT2D eigenvalue weighted by atomic mass is 10.0. The Hall–Kier alpha value is -3.81. The molecule has 1 aromatic heterocycles. The van der Waals surface area contributed by atoms with Crippen molar-refractivity contribution >= 4 is 17.0 Å². The molecule has 1 heterocycles. The SMILES string of the molecule is C=C(NOCCOc1ccc(Cc2sc(=O)[nH]c2O)cc1)c1cccc(-c2ccccc2)c1. The molecule has 4 rings (SSSR count). The minimum absolute atomic E-state index is 0.0663. The second-order valence-electron chi connectivity index (χ2n) is 7.33. The molecule has 0 radical (unpaired) electrons. The number of benzene rings is 3. The van der Waals surface area contributed by atoms with Crippen molar-refractivity contribution in [1.82, 2.24) is 10.5 Å². The first-order chi connectivity index (χ1) is 16.1. The molecule has 0 spiro atoms. The quantitative estimate of drug-likeness (QED) is 0.230. The fourth-order valence-corrected chi connectivity index (χ4v) is 4.03. The highest BCUT2D eigenvalue weighted by Gasteiger charge is 2.08. The van der Waals surface area contributed by atoms with Gasteiger partial charge in [-0.25, -0.2) is 0 Å². The van der Waals surface area contributed by atoms with E-state index in [0.29, 0.717) is 36.0 Å². The fourth-order valence-electron chi connectivity index (χ4n) is 3.28. The van der Waals surface area contributed by atoms with Crippen LogP contribution < -0.4 is 15.1 Å². The lowest BCUT2D eigenvalue weighted by molar-refractivity contribution is 0.0541. The molecule has 0 saturated carbocycles. The molecule has 0 amide bonds. The van der Waals surface area contributed by atoms with Crippen LogP contribution in [0.4, 0.5) is 0 Å². The summed E-state index contributed by atoms with van der Waals surface area (Å²) in [7, 11) is 0. The Morgan fingerprint density at radius 3 is 2.45 bits per heavy atom. The largest absolute Gasteiger partial charge is 0.494 e. The molecule has 3 N–H and O–H groups in total. The molecule has 0 saturated heterocycles. The smallest absolute Gasteiger partial charge is 0.307 e. The molecular formula is C26H24N2O4S. The number of thiazole rings is 1. The van der Waals surface area contributed by atoms with Crippen LogP contribution in [-0.2, 0) is 11.3 Å². The zero-order chi connectivity index (χ0) is 23.0. The molecule has 168 valence electrons. The summed E-state index contributed by atoms with van der Waals surface area (Å²) in [6.07, 6.45) is 0.482. The number of hydroxylamine groups is 1. The van der Waals surface area contributed by atoms with Crippen molar-refractivity contribution in [3.8, 4) is 22.8 Å². The van der Waals surface area contributed by atoms with Gasteiger partial charge in [0.1, 0.15) is 19.0 Å². The number of H-pyrrole nitrogens is 1. The Morgan fingerprint density at radius 2 is 1.73 bits per heavy atom. The Labute approximate surface area is 195 Å². The van der Waals surface area contributed by atoms with Crippen LogP contribution in [0.2, 0.25) is 0 Å². The maximum atomic E-state index is 11.3. The topological polar surface area (TPSA) is 83.6 Å². The molecule has 3 aromatic carbocycles. The Bertz CT molecular complexity index is 1260. The van der Waals surface area contributed by atoms with E-state index in [2.05, 4.69) is 41.3 Å². The molecule has 0 unspecified atom stereocenters. The summed E-state index contributed by atoms with van der Waals surface area (Å²) in [6.45, 7) is 4.75. The number of nitrogens with one attached hydrogen (secondary N) is 2. The summed E-state index contributed by atoms with van der Waals surface area (Å²) < 4.78 is 5.71. The van der Waals surface area contributed by atoms with Gasteiger partial charge in [-0.3, -0.25) is 20.1 Å². The maximum Gasteiger partial charge on any atom is 0.307 e. The van der Waals surface area contributed by atoms with E-state index < -0.39 is 0 Å². The number of aromatic amines is 1. The molecule has 0 aliphatic heterocycles. The molecular weight excluding hydrogens is 436 g/mol. The highest BCUT2D eigenvalue weighted by Crippen LogP contribution is 2.23. The Kier molecular flexibility index (Phi) is 7.24. The monoisotopic (exact) mass is 460 g/mol. The number of hydrogen-bond acceptors (Lipinski definition) is 6. The van der Waals surface area contributed by atoms with E-state index in [1.165, 1.54) is 0 Å². The first-order valence-electron chi connectivity index (χ1n) is 10.4. The highest BCUT2D eigenvalue weighted by atomic mass is 32.1. The van der Waals surface area contributed by atoms with Crippen LogP contribution in [0.25, 0.3) is 16.8 Å². The molecule has 0 aliphatic rings. The predicted octanol–water partition coefficient (Wildman–Crippen LogP) is 4.97. The van der Waals surface area contributed by atoms with Crippen molar-refractivity contribution in [3.63, 3.8) is 0 Å². The van der Waals surface area contributed by atoms with Crippen LogP contribution in [0.15, 0.2) is 90.2 Å². The van der Waals surface area contributed by atoms with Gasteiger partial charge in [0, 0.05) is 6.42 Å². The Balaban J connectivity index is 1.21. The number of aromatic hydroxyl groups is 1. The Morgan fingerprint density at radius 1 is 0.970 bits per heavy atom. The van der Waals surface area contributed by atoms with E-state index >= 15 is 0 Å². The van der Waals surface area contributed by atoms with Crippen LogP contribution in [0.1, 0.15) is 16.0 Å². The lowest BCUT2D eigenvalue weighted by Crippen LogP contribution is -2.17. The van der Waals surface area contributed by atoms with Gasteiger partial charge in [-0.1, -0.05) is 78.6 Å². The molecule has 0 aliphatic carbocycles. The van der Waals surface area contributed by atoms with E-state index in [1.54, 1.807) is 0 Å². The molecule has 4 aromatic rings. The predicted molar refractivity (Wildman–Crippen MR) is 131 cm³/mol. The van der Waals surface area contributed by atoms with Crippen molar-refractivity contribution in [2.45, 2.75) is 6.42 Å². The van der Waals surface area contributed by atoms with Crippen LogP contribution in [0, 0.1) is 0 Å². The van der Waals surface area contributed by atoms with Crippen molar-refractivity contribution < 1.29 is 14.7 Å². The summed E-state index contributed by atoms with van der Waals surface area (Å²) in [5.41, 5.74) is 7.74. The zero-order valence-electron chi connectivity index (χ0n) is 17.9. The van der Waals surface area contributed by atoms with Gasteiger partial charge in [-0.05, 0) is 40.5 Å². The molecule has 7 heteroatoms. The third-order valence-corrected chi connectivity index (χ3v) is 5.83. The fraction of sp³-hybridized carbons (Fsp3) is 0.115. The van der Waals surface area contributed by atoms with E-state index in [0.717, 1.165) is 33.6 Å². The average molecular weight is 461 g/mol. The van der Waals surface area contributed by atoms with Gasteiger partial charge in [0.2, 0.25) is 5.88 Å². The van der Waals surface area contributed by atoms with Gasteiger partial charge >= 0.3 is 4.87 Å². The second-order valence-corrected chi connectivity index (χ2v) is 8.40. The molecule has 33 heavy (non-hydrogen) atoms. The van der Waals surface area contributed by atoms with Gasteiger partial charge in [0.25, 0.3) is 0 Å². The van der Waals surface area contributed by atoms with Crippen molar-refractivity contribution in [2.24, 2.45) is 0 Å². The normalized spacial score (nSPS) is 10.7. The van der Waals surface area contributed by atoms with E-state index in [4.69, 9.17) is 9.57 Å². The first kappa shape index (κ1) is 22.4. The van der Waals surface area contributed by atoms with E-state index in [9.17, 15) is 9.90 Å². The summed E-state index contributed by atoms with van der Waals surface area (Å²) in [4.78, 5) is 19.5. The summed E-state index contributed by atoms with van der Waals surface area (Å²) >= 11 is 1.01. The van der Waals surface area contributed by atoms with Crippen LogP contribution in [0.3, 0.4) is 0 Å². The molecule has 0 atom stereocenters. The van der Waals surface area contributed by atoms with Crippen LogP contribution in [0.5, 0.6) is 11.6 Å². The molecule has 0 bridgehead atoms. The number of ether oxygens (including phenoxy) is 1. The summed E-state index contributed by atoms with van der Waals surface area (Å²) in [5, 5.41) is 9.70. The number of hydrogen-bond donors (Lipinski definition) is 3. The van der Waals surface area contributed by atoms with Gasteiger partial charge in [0.05, 0.1) is 10.6 Å². The zero-order valence-corrected chi connectivity index (χ0v) is 18.7. The van der Waals surface area contributed by atoms with Gasteiger partial charge in [-0.15, -0.1) is 0 Å². The number of aromatic nitrogens is 1. The third-order valence-electron chi connectivity index (χ3n) is 4.96. The van der Waals surface area contributed by atoms with Gasteiger partial charge in [-0.2, -0.15) is 0 Å². The summed E-state index contributed by atoms with van der Waals surface area (Å²) in [5.74, 6) is 0.645. The molecule has 0 fully saturated rings. The van der Waals surface area contributed by atoms with Crippen molar-refractivity contribution in [1.29, 1.82) is 0 Å². The van der Waals surface area contributed by atoms with Crippen molar-refractivity contribution in [2.75, 3.05) is 13.2 Å². The van der Waals surface area contributed by atoms with E-state index in [-0.39, 0.29) is 10.8 Å². The minimum atomic E-state index is -0.261. The van der Waals surface area contributed by atoms with Crippen LogP contribution in [-0.4, -0.2) is 23.3 Å². The first-order valence-corrected chi connectivity index (χ1v) is 11.3. The van der Waals surface area contributed by atoms with Gasteiger partial charge in [0.15, 0.2) is 0 Å². The maximum absolute atomic E-state index is 11.3. The van der Waals surface area contributed by atoms with Crippen LogP contribution >= 0.6 is 11.3 Å². The van der Waals surface area contributed by atoms with E-state index in [1.807, 2.05) is 54.6 Å². The minimum Gasteiger partial charge on any atom is -0.494 e.